The van der Waals surface area contributed by atoms with Crippen molar-refractivity contribution in [2.75, 3.05) is 5.32 Å². The lowest BCUT2D eigenvalue weighted by molar-refractivity contribution is 0.0739. The second kappa shape index (κ2) is 7.64. The third kappa shape index (κ3) is 3.90. The topological polar surface area (TPSA) is 106 Å². The summed E-state index contributed by atoms with van der Waals surface area (Å²) in [5.74, 6) is 0.451. The summed E-state index contributed by atoms with van der Waals surface area (Å²) in [6.45, 7) is 3.83. The molecule has 0 radical (unpaired) electrons. The summed E-state index contributed by atoms with van der Waals surface area (Å²) >= 11 is 0. The van der Waals surface area contributed by atoms with Crippen molar-refractivity contribution in [3.8, 4) is 11.3 Å². The molecule has 0 saturated carbocycles. The molecule has 0 aliphatic carbocycles. The molecule has 8 nitrogen and oxygen atoms in total. The molecule has 0 saturated heterocycles. The van der Waals surface area contributed by atoms with Crippen LogP contribution >= 0.6 is 0 Å². The Morgan fingerprint density at radius 1 is 1.17 bits per heavy atom. The first-order valence-corrected chi connectivity index (χ1v) is 9.51. The molecular weight excluding hydrogens is 380 g/mol. The Kier molecular flexibility index (Phi) is 5.01. The molecule has 4 heterocycles. The van der Waals surface area contributed by atoms with Gasteiger partial charge in [0.2, 0.25) is 0 Å². The van der Waals surface area contributed by atoms with Crippen molar-refractivity contribution >= 4 is 16.7 Å². The molecule has 30 heavy (non-hydrogen) atoms. The molecule has 8 heteroatoms. The van der Waals surface area contributed by atoms with Crippen molar-refractivity contribution in [2.45, 2.75) is 26.0 Å². The van der Waals surface area contributed by atoms with Crippen molar-refractivity contribution in [3.63, 3.8) is 0 Å². The molecule has 2 N–H and O–H groups in total. The molecule has 0 unspecified atom stereocenters. The zero-order valence-corrected chi connectivity index (χ0v) is 17.0. The maximum atomic E-state index is 12.8. The van der Waals surface area contributed by atoms with Crippen LogP contribution in [0.1, 0.15) is 25.1 Å². The Morgan fingerprint density at radius 2 is 2.00 bits per heavy atom. The second-order valence-electron chi connectivity index (χ2n) is 7.62. The average Bonchev–Trinajstić information content (AvgIpc) is 2.74. The van der Waals surface area contributed by atoms with Crippen molar-refractivity contribution in [3.05, 3.63) is 76.9 Å². The van der Waals surface area contributed by atoms with Crippen LogP contribution in [0.5, 0.6) is 0 Å². The van der Waals surface area contributed by atoms with E-state index in [9.17, 15) is 9.90 Å². The molecule has 0 atom stereocenters. The molecule has 4 rings (SSSR count). The third-order valence-electron chi connectivity index (χ3n) is 4.77. The highest BCUT2D eigenvalue weighted by molar-refractivity contribution is 5.91. The largest absolute Gasteiger partial charge is 0.384 e. The molecule has 0 aliphatic rings. The molecule has 4 aromatic rings. The summed E-state index contributed by atoms with van der Waals surface area (Å²) in [6.07, 6.45) is 6.62. The van der Waals surface area contributed by atoms with Gasteiger partial charge < -0.3 is 15.0 Å². The number of nitrogens with one attached hydrogen (secondary N) is 1. The van der Waals surface area contributed by atoms with Gasteiger partial charge in [-0.25, -0.2) is 9.97 Å². The lowest BCUT2D eigenvalue weighted by Gasteiger charge is -2.16. The standard InChI is InChI=1S/C22H22N6O2/c1-22(2,30)18-7-6-15(12-24-18)16-9-17-19(21(29)28(3)13-26-17)20(27-16)25-11-14-5-4-8-23-10-14/h4-10,12-13,30H,11H2,1-3H3,(H,25,27). The molecular formula is C22H22N6O2. The first-order valence-electron chi connectivity index (χ1n) is 9.51. The Morgan fingerprint density at radius 3 is 2.67 bits per heavy atom. The van der Waals surface area contributed by atoms with E-state index in [0.29, 0.717) is 34.7 Å². The van der Waals surface area contributed by atoms with Crippen LogP contribution in [0.2, 0.25) is 0 Å². The van der Waals surface area contributed by atoms with E-state index in [2.05, 4.69) is 20.3 Å². The summed E-state index contributed by atoms with van der Waals surface area (Å²) in [5, 5.41) is 13.8. The number of aromatic nitrogens is 5. The van der Waals surface area contributed by atoms with E-state index in [0.717, 1.165) is 11.1 Å². The van der Waals surface area contributed by atoms with Crippen molar-refractivity contribution < 1.29 is 5.11 Å². The van der Waals surface area contributed by atoms with Crippen LogP contribution in [0.25, 0.3) is 22.2 Å². The predicted molar refractivity (Wildman–Crippen MR) is 115 cm³/mol. The Labute approximate surface area is 173 Å². The molecule has 152 valence electrons. The summed E-state index contributed by atoms with van der Waals surface area (Å²) < 4.78 is 1.43. The number of anilines is 1. The number of rotatable bonds is 5. The number of aliphatic hydroxyl groups is 1. The van der Waals surface area contributed by atoms with Gasteiger partial charge in [-0.15, -0.1) is 0 Å². The third-order valence-corrected chi connectivity index (χ3v) is 4.77. The normalized spacial score (nSPS) is 11.6. The molecule has 4 aromatic heterocycles. The molecule has 0 aliphatic heterocycles. The van der Waals surface area contributed by atoms with Gasteiger partial charge in [0.05, 0.1) is 23.2 Å². The van der Waals surface area contributed by atoms with Gasteiger partial charge in [-0.3, -0.25) is 14.8 Å². The minimum absolute atomic E-state index is 0.178. The first kappa shape index (κ1) is 19.7. The van der Waals surface area contributed by atoms with E-state index < -0.39 is 5.60 Å². The van der Waals surface area contributed by atoms with Gasteiger partial charge in [0.15, 0.2) is 0 Å². The SMILES string of the molecule is Cn1cnc2cc(-c3ccc(C(C)(C)O)nc3)nc(NCc3cccnc3)c2c1=O. The van der Waals surface area contributed by atoms with Crippen LogP contribution in [-0.2, 0) is 19.2 Å². The predicted octanol–water partition coefficient (Wildman–Crippen LogP) is 2.62. The van der Waals surface area contributed by atoms with Crippen LogP contribution in [0.3, 0.4) is 0 Å². The minimum atomic E-state index is -1.03. The van der Waals surface area contributed by atoms with E-state index in [1.165, 1.54) is 10.9 Å². The second-order valence-corrected chi connectivity index (χ2v) is 7.62. The summed E-state index contributed by atoms with van der Waals surface area (Å²) in [4.78, 5) is 30.3. The van der Waals surface area contributed by atoms with E-state index in [-0.39, 0.29) is 5.56 Å². The van der Waals surface area contributed by atoms with E-state index >= 15 is 0 Å². The van der Waals surface area contributed by atoms with Crippen LogP contribution in [0.4, 0.5) is 5.82 Å². The van der Waals surface area contributed by atoms with Gasteiger partial charge in [-0.2, -0.15) is 0 Å². The fraction of sp³-hybridized carbons (Fsp3) is 0.227. The van der Waals surface area contributed by atoms with Gasteiger partial charge in [0, 0.05) is 37.7 Å². The average molecular weight is 402 g/mol. The molecule has 0 spiro atoms. The van der Waals surface area contributed by atoms with Crippen LogP contribution in [0, 0.1) is 0 Å². The smallest absolute Gasteiger partial charge is 0.264 e. The molecule has 0 aromatic carbocycles. The van der Waals surface area contributed by atoms with E-state index in [1.54, 1.807) is 51.6 Å². The molecule has 0 fully saturated rings. The number of nitrogens with zero attached hydrogens (tertiary/aromatic N) is 5. The lowest BCUT2D eigenvalue weighted by atomic mass is 10.0. The van der Waals surface area contributed by atoms with E-state index in [1.807, 2.05) is 18.2 Å². The first-order chi connectivity index (χ1) is 14.3. The maximum Gasteiger partial charge on any atom is 0.264 e. The number of hydrogen-bond acceptors (Lipinski definition) is 7. The van der Waals surface area contributed by atoms with Crippen molar-refractivity contribution in [1.82, 2.24) is 24.5 Å². The van der Waals surface area contributed by atoms with Crippen LogP contribution in [0.15, 0.2) is 60.0 Å². The van der Waals surface area contributed by atoms with Gasteiger partial charge in [-0.05, 0) is 43.7 Å². The Balaban J connectivity index is 1.80. The zero-order chi connectivity index (χ0) is 21.3. The van der Waals surface area contributed by atoms with Crippen molar-refractivity contribution in [1.29, 1.82) is 0 Å². The summed E-state index contributed by atoms with van der Waals surface area (Å²) in [6, 6.07) is 9.19. The van der Waals surface area contributed by atoms with E-state index in [4.69, 9.17) is 4.98 Å². The van der Waals surface area contributed by atoms with Crippen molar-refractivity contribution in [2.24, 2.45) is 7.05 Å². The highest BCUT2D eigenvalue weighted by Gasteiger charge is 2.18. The van der Waals surface area contributed by atoms with Crippen LogP contribution < -0.4 is 10.9 Å². The fourth-order valence-corrected chi connectivity index (χ4v) is 3.09. The molecule has 0 amide bonds. The quantitative estimate of drug-likeness (QED) is 0.528. The number of fused-ring (bicyclic) bond motifs is 1. The van der Waals surface area contributed by atoms with Gasteiger partial charge in [0.1, 0.15) is 16.8 Å². The van der Waals surface area contributed by atoms with Gasteiger partial charge in [-0.1, -0.05) is 6.07 Å². The maximum absolute atomic E-state index is 12.8. The number of aryl methyl sites for hydroxylation is 1. The molecule has 0 bridgehead atoms. The van der Waals surface area contributed by atoms with Gasteiger partial charge in [0.25, 0.3) is 5.56 Å². The zero-order valence-electron chi connectivity index (χ0n) is 17.0. The van der Waals surface area contributed by atoms with Gasteiger partial charge >= 0.3 is 0 Å². The van der Waals surface area contributed by atoms with Crippen LogP contribution in [-0.4, -0.2) is 29.6 Å². The summed E-state index contributed by atoms with van der Waals surface area (Å²) in [5.41, 5.74) is 2.26. The minimum Gasteiger partial charge on any atom is -0.384 e. The Bertz CT molecular complexity index is 1250. The summed E-state index contributed by atoms with van der Waals surface area (Å²) in [7, 11) is 1.66. The number of pyridine rings is 3. The fourth-order valence-electron chi connectivity index (χ4n) is 3.09. The number of hydrogen-bond donors (Lipinski definition) is 2. The lowest BCUT2D eigenvalue weighted by Crippen LogP contribution is -2.19. The Hall–Kier alpha value is -3.65. The monoisotopic (exact) mass is 402 g/mol. The highest BCUT2D eigenvalue weighted by atomic mass is 16.3. The highest BCUT2D eigenvalue weighted by Crippen LogP contribution is 2.26.